The summed E-state index contributed by atoms with van der Waals surface area (Å²) >= 11 is 1.22. The molecule has 1 fully saturated rings. The number of rotatable bonds is 5. The Morgan fingerprint density at radius 1 is 1.03 bits per heavy atom. The lowest BCUT2D eigenvalue weighted by Crippen LogP contribution is -2.50. The fraction of sp³-hybridized carbons (Fsp3) is 0.222. The Labute approximate surface area is 207 Å². The van der Waals surface area contributed by atoms with Gasteiger partial charge in [-0.25, -0.2) is 4.39 Å². The molecule has 35 heavy (non-hydrogen) atoms. The monoisotopic (exact) mass is 489 g/mol. The van der Waals surface area contributed by atoms with Crippen LogP contribution in [0.5, 0.6) is 0 Å². The Kier molecular flexibility index (Phi) is 5.84. The molecule has 0 radical (unpaired) electrons. The van der Waals surface area contributed by atoms with E-state index >= 15 is 0 Å². The summed E-state index contributed by atoms with van der Waals surface area (Å²) in [7, 11) is 0. The molecular weight excluding hydrogens is 465 g/mol. The summed E-state index contributed by atoms with van der Waals surface area (Å²) in [6, 6.07) is 20.3. The minimum atomic E-state index is -1.34. The van der Waals surface area contributed by atoms with Crippen LogP contribution in [0.2, 0.25) is 0 Å². The molecule has 2 aliphatic heterocycles. The van der Waals surface area contributed by atoms with E-state index in [9.17, 15) is 18.8 Å². The highest BCUT2D eigenvalue weighted by atomic mass is 32.2. The van der Waals surface area contributed by atoms with Crippen molar-refractivity contribution in [3.05, 3.63) is 89.7 Å². The molecule has 0 saturated carbocycles. The highest BCUT2D eigenvalue weighted by Gasteiger charge is 2.61. The predicted octanol–water partition coefficient (Wildman–Crippen LogP) is 4.87. The predicted molar refractivity (Wildman–Crippen MR) is 136 cm³/mol. The van der Waals surface area contributed by atoms with Crippen LogP contribution < -0.4 is 15.1 Å². The van der Waals surface area contributed by atoms with Crippen molar-refractivity contribution in [2.75, 3.05) is 27.4 Å². The number of thioether (sulfide) groups is 1. The van der Waals surface area contributed by atoms with Gasteiger partial charge in [-0.3, -0.25) is 24.2 Å². The molecular formula is C27H24FN3O3S. The first kappa shape index (κ1) is 23.1. The summed E-state index contributed by atoms with van der Waals surface area (Å²) in [4.78, 5) is 41.4. The zero-order valence-corrected chi connectivity index (χ0v) is 20.1. The van der Waals surface area contributed by atoms with Gasteiger partial charge >= 0.3 is 0 Å². The van der Waals surface area contributed by atoms with Crippen LogP contribution in [-0.2, 0) is 19.3 Å². The first-order valence-electron chi connectivity index (χ1n) is 11.3. The molecule has 1 atom stereocenters. The lowest BCUT2D eigenvalue weighted by molar-refractivity contribution is -0.124. The van der Waals surface area contributed by atoms with Gasteiger partial charge in [0.1, 0.15) is 12.4 Å². The lowest BCUT2D eigenvalue weighted by atomic mass is 10.0. The summed E-state index contributed by atoms with van der Waals surface area (Å²) in [6.45, 7) is 4.00. The number of para-hydroxylation sites is 1. The minimum absolute atomic E-state index is 0.0969. The Balaban J connectivity index is 1.46. The maximum atomic E-state index is 13.9. The summed E-state index contributed by atoms with van der Waals surface area (Å²) in [6.07, 6.45) is 0. The van der Waals surface area contributed by atoms with Crippen molar-refractivity contribution in [2.45, 2.75) is 24.6 Å². The van der Waals surface area contributed by atoms with Crippen molar-refractivity contribution in [1.29, 1.82) is 0 Å². The van der Waals surface area contributed by atoms with Crippen LogP contribution in [0.15, 0.2) is 72.8 Å². The zero-order valence-electron chi connectivity index (χ0n) is 19.3. The average molecular weight is 490 g/mol. The van der Waals surface area contributed by atoms with Gasteiger partial charge in [-0.2, -0.15) is 0 Å². The topological polar surface area (TPSA) is 69.7 Å². The normalized spacial score (nSPS) is 19.1. The smallest absolute Gasteiger partial charge is 0.269 e. The number of nitrogens with zero attached hydrogens (tertiary/aromatic N) is 2. The fourth-order valence-corrected chi connectivity index (χ4v) is 5.96. The molecule has 8 heteroatoms. The SMILES string of the molecule is CC(C)c1ccc(NC(=O)CN2C(=O)C3(SCC(=O)N3c3ccc(F)cc3)c3ccccc32)cc1. The highest BCUT2D eigenvalue weighted by Crippen LogP contribution is 2.55. The van der Waals surface area contributed by atoms with Crippen LogP contribution in [0.4, 0.5) is 21.5 Å². The highest BCUT2D eigenvalue weighted by molar-refractivity contribution is 8.02. The van der Waals surface area contributed by atoms with Gasteiger partial charge in [0.2, 0.25) is 16.7 Å². The van der Waals surface area contributed by atoms with Crippen LogP contribution in [0, 0.1) is 5.82 Å². The van der Waals surface area contributed by atoms with Crippen LogP contribution in [-0.4, -0.2) is 30.0 Å². The number of benzene rings is 3. The van der Waals surface area contributed by atoms with Gasteiger partial charge in [-0.1, -0.05) is 44.2 Å². The second-order valence-corrected chi connectivity index (χ2v) is 10.0. The Bertz CT molecular complexity index is 1310. The van der Waals surface area contributed by atoms with Crippen LogP contribution >= 0.6 is 11.8 Å². The Morgan fingerprint density at radius 3 is 2.40 bits per heavy atom. The maximum Gasteiger partial charge on any atom is 0.269 e. The molecule has 6 nitrogen and oxygen atoms in total. The molecule has 1 N–H and O–H groups in total. The molecule has 178 valence electrons. The van der Waals surface area contributed by atoms with Gasteiger partial charge in [-0.15, -0.1) is 11.8 Å². The molecule has 1 spiro atoms. The summed E-state index contributed by atoms with van der Waals surface area (Å²) < 4.78 is 13.6. The van der Waals surface area contributed by atoms with E-state index in [-0.39, 0.29) is 30.0 Å². The van der Waals surface area contributed by atoms with Crippen molar-refractivity contribution >= 4 is 46.5 Å². The fourth-order valence-electron chi connectivity index (χ4n) is 4.60. The standard InChI is InChI=1S/C27H24FN3O3S/c1-17(2)18-7-11-20(12-8-18)29-24(32)15-30-23-6-4-3-5-22(23)27(26(30)34)31(25(33)16-35-27)21-13-9-19(28)10-14-21/h3-14,17H,15-16H2,1-2H3,(H,29,32). The van der Waals surface area contributed by atoms with E-state index in [1.165, 1.54) is 45.8 Å². The zero-order chi connectivity index (χ0) is 24.7. The number of nitrogens with one attached hydrogen (secondary N) is 1. The second-order valence-electron chi connectivity index (χ2n) is 8.87. The molecule has 0 aliphatic carbocycles. The van der Waals surface area contributed by atoms with Gasteiger partial charge in [0, 0.05) is 16.9 Å². The van der Waals surface area contributed by atoms with Gasteiger partial charge in [0.05, 0.1) is 11.4 Å². The number of anilines is 3. The van der Waals surface area contributed by atoms with E-state index in [4.69, 9.17) is 0 Å². The van der Waals surface area contributed by atoms with E-state index in [0.29, 0.717) is 28.5 Å². The van der Waals surface area contributed by atoms with E-state index in [0.717, 1.165) is 5.56 Å². The number of hydrogen-bond donors (Lipinski definition) is 1. The number of halogens is 1. The van der Waals surface area contributed by atoms with Gasteiger partial charge < -0.3 is 5.32 Å². The summed E-state index contributed by atoms with van der Waals surface area (Å²) in [5, 5.41) is 2.86. The minimum Gasteiger partial charge on any atom is -0.325 e. The summed E-state index contributed by atoms with van der Waals surface area (Å²) in [5.74, 6) is -0.916. The lowest BCUT2D eigenvalue weighted by Gasteiger charge is -2.33. The number of amides is 3. The Morgan fingerprint density at radius 2 is 1.71 bits per heavy atom. The molecule has 2 aliphatic rings. The molecule has 3 aromatic rings. The van der Waals surface area contributed by atoms with Crippen LogP contribution in [0.25, 0.3) is 0 Å². The van der Waals surface area contributed by atoms with Crippen molar-refractivity contribution in [2.24, 2.45) is 0 Å². The van der Waals surface area contributed by atoms with Gasteiger partial charge in [0.25, 0.3) is 5.91 Å². The number of fused-ring (bicyclic) bond motifs is 2. The van der Waals surface area contributed by atoms with Crippen molar-refractivity contribution in [3.8, 4) is 0 Å². The van der Waals surface area contributed by atoms with E-state index in [2.05, 4.69) is 19.2 Å². The molecule has 3 amide bonds. The van der Waals surface area contributed by atoms with Crippen LogP contribution in [0.1, 0.15) is 30.9 Å². The van der Waals surface area contributed by atoms with Gasteiger partial charge in [-0.05, 0) is 53.9 Å². The third-order valence-electron chi connectivity index (χ3n) is 6.31. The maximum absolute atomic E-state index is 13.9. The Hall–Kier alpha value is -3.65. The first-order valence-corrected chi connectivity index (χ1v) is 12.3. The quantitative estimate of drug-likeness (QED) is 0.555. The molecule has 5 rings (SSSR count). The van der Waals surface area contributed by atoms with E-state index in [1.54, 1.807) is 24.3 Å². The second kappa shape index (κ2) is 8.85. The number of carbonyl (C=O) groups excluding carboxylic acids is 3. The van der Waals surface area contributed by atoms with Gasteiger partial charge in [0.15, 0.2) is 0 Å². The van der Waals surface area contributed by atoms with E-state index < -0.39 is 10.7 Å². The molecule has 0 bridgehead atoms. The third-order valence-corrected chi connectivity index (χ3v) is 7.70. The van der Waals surface area contributed by atoms with E-state index in [1.807, 2.05) is 24.3 Å². The number of carbonyl (C=O) groups is 3. The third kappa shape index (κ3) is 3.87. The summed E-state index contributed by atoms with van der Waals surface area (Å²) in [5.41, 5.74) is 3.46. The molecule has 3 aromatic carbocycles. The largest absolute Gasteiger partial charge is 0.325 e. The van der Waals surface area contributed by atoms with Crippen molar-refractivity contribution < 1.29 is 18.8 Å². The molecule has 1 saturated heterocycles. The number of hydrogen-bond acceptors (Lipinski definition) is 4. The van der Waals surface area contributed by atoms with Crippen LogP contribution in [0.3, 0.4) is 0 Å². The molecule has 2 heterocycles. The average Bonchev–Trinajstić information content (AvgIpc) is 3.31. The van der Waals surface area contributed by atoms with Crippen molar-refractivity contribution in [3.63, 3.8) is 0 Å². The van der Waals surface area contributed by atoms with Crippen molar-refractivity contribution in [1.82, 2.24) is 0 Å². The first-order chi connectivity index (χ1) is 16.8. The molecule has 0 aromatic heterocycles. The molecule has 1 unspecified atom stereocenters.